The molecule has 4 N–H and O–H groups in total. The van der Waals surface area contributed by atoms with E-state index in [2.05, 4.69) is 7.05 Å². The molecule has 0 unspecified atom stereocenters. The molecule has 4 aliphatic carbocycles. The van der Waals surface area contributed by atoms with E-state index in [-0.39, 0.29) is 29.2 Å². The number of hydrogen-bond acceptors (Lipinski definition) is 5. The van der Waals surface area contributed by atoms with Crippen LogP contribution in [-0.2, 0) is 23.1 Å². The molecule has 0 amide bonds. The summed E-state index contributed by atoms with van der Waals surface area (Å²) in [7, 11) is 2.14. The number of carbonyl (C=O) groups excluding carboxylic acids is 1. The number of carbonyl (C=O) groups is 1. The van der Waals surface area contributed by atoms with E-state index in [0.717, 1.165) is 30.5 Å². The van der Waals surface area contributed by atoms with Gasteiger partial charge >= 0.3 is 0 Å². The van der Waals surface area contributed by atoms with Crippen LogP contribution >= 0.6 is 0 Å². The number of ketones is 1. The van der Waals surface area contributed by atoms with Crippen molar-refractivity contribution in [3.05, 3.63) is 22.8 Å². The molecule has 1 saturated heterocycles. The Hall–Kier alpha value is -1.63. The number of hydrogen-bond donors (Lipinski definition) is 4. The molecule has 2 bridgehead atoms. The van der Waals surface area contributed by atoms with Crippen LogP contribution in [-0.4, -0.2) is 68.1 Å². The fraction of sp³-hybridized carbons (Fsp3) is 0.682. The Kier molecular flexibility index (Phi) is 2.92. The van der Waals surface area contributed by atoms with Crippen LogP contribution < -0.4 is 0 Å². The molecule has 1 aliphatic heterocycles. The van der Waals surface area contributed by atoms with Crippen molar-refractivity contribution in [1.29, 1.82) is 0 Å². The monoisotopic (exact) mass is 386 g/mol. The standard InChI is InChI=1S/C22H27NO5/c1-23(11-20(27)4-5-20)7-6-21-14-10-13-18(21)12(8-16(25)19(13)26)9-17(23)22(21,28)3-2-15(14)24/h8,14,17,27-28H,2-7,9-11H2,1H3,(H-,25,26)/p+1/t14-,17+,21+,22+,23+/m0/s1. The molecule has 1 aromatic rings. The number of benzene rings is 1. The summed E-state index contributed by atoms with van der Waals surface area (Å²) in [6, 6.07) is 1.52. The van der Waals surface area contributed by atoms with Gasteiger partial charge in [-0.05, 0) is 42.9 Å². The van der Waals surface area contributed by atoms with Crippen molar-refractivity contribution in [2.45, 2.75) is 67.6 Å². The first-order valence-electron chi connectivity index (χ1n) is 10.5. The van der Waals surface area contributed by atoms with E-state index in [9.17, 15) is 25.2 Å². The van der Waals surface area contributed by atoms with Crippen LogP contribution in [0.15, 0.2) is 6.07 Å². The van der Waals surface area contributed by atoms with Crippen LogP contribution in [0.4, 0.5) is 0 Å². The summed E-state index contributed by atoms with van der Waals surface area (Å²) < 4.78 is 0.603. The zero-order chi connectivity index (χ0) is 19.7. The van der Waals surface area contributed by atoms with Gasteiger partial charge in [-0.2, -0.15) is 0 Å². The van der Waals surface area contributed by atoms with Crippen LogP contribution in [0.1, 0.15) is 48.8 Å². The number of phenolic OH excluding ortho intramolecular Hbond substituents is 2. The smallest absolute Gasteiger partial charge is 0.161 e. The van der Waals surface area contributed by atoms with E-state index in [1.165, 1.54) is 0 Å². The van der Waals surface area contributed by atoms with Gasteiger partial charge in [-0.25, -0.2) is 0 Å². The highest BCUT2D eigenvalue weighted by Crippen LogP contribution is 2.67. The highest BCUT2D eigenvalue weighted by molar-refractivity contribution is 5.87. The van der Waals surface area contributed by atoms with Gasteiger partial charge < -0.3 is 24.9 Å². The quantitative estimate of drug-likeness (QED) is 0.447. The summed E-state index contributed by atoms with van der Waals surface area (Å²) in [4.78, 5) is 13.0. The Morgan fingerprint density at radius 2 is 1.89 bits per heavy atom. The Morgan fingerprint density at radius 1 is 1.14 bits per heavy atom. The SMILES string of the molecule is C[N@+]1(CC2(O)CC2)CC[C@]23c4c5cc(O)c(O)c4C[C@H]2C(=O)CC[C@@]3(O)[C@H]1C5. The first-order valence-corrected chi connectivity index (χ1v) is 10.5. The van der Waals surface area contributed by atoms with E-state index in [0.29, 0.717) is 48.7 Å². The molecule has 0 radical (unpaired) electrons. The van der Waals surface area contributed by atoms with Gasteiger partial charge in [0.25, 0.3) is 0 Å². The van der Waals surface area contributed by atoms with Crippen molar-refractivity contribution in [2.24, 2.45) is 5.92 Å². The number of aromatic hydroxyl groups is 2. The third-order valence-corrected chi connectivity index (χ3v) is 9.04. The van der Waals surface area contributed by atoms with E-state index < -0.39 is 16.6 Å². The van der Waals surface area contributed by atoms with Gasteiger partial charge in [-0.3, -0.25) is 4.79 Å². The van der Waals surface area contributed by atoms with Gasteiger partial charge in [-0.1, -0.05) is 0 Å². The zero-order valence-electron chi connectivity index (χ0n) is 16.2. The molecule has 3 fully saturated rings. The van der Waals surface area contributed by atoms with Crippen molar-refractivity contribution in [1.82, 2.24) is 0 Å². The topological polar surface area (TPSA) is 98.0 Å². The van der Waals surface area contributed by atoms with Crippen molar-refractivity contribution in [2.75, 3.05) is 20.1 Å². The van der Waals surface area contributed by atoms with Crippen LogP contribution in [0.25, 0.3) is 0 Å². The Labute approximate surface area is 164 Å². The van der Waals surface area contributed by atoms with E-state index in [1.807, 2.05) is 0 Å². The van der Waals surface area contributed by atoms with Crippen LogP contribution in [0.2, 0.25) is 0 Å². The molecular formula is C22H28NO5+. The Bertz CT molecular complexity index is 939. The first-order chi connectivity index (χ1) is 13.1. The van der Waals surface area contributed by atoms with Gasteiger partial charge in [0.1, 0.15) is 29.6 Å². The Balaban J connectivity index is 1.60. The van der Waals surface area contributed by atoms with Gasteiger partial charge in [0.15, 0.2) is 11.5 Å². The third-order valence-electron chi connectivity index (χ3n) is 9.04. The molecule has 6 heteroatoms. The molecule has 2 saturated carbocycles. The molecule has 28 heavy (non-hydrogen) atoms. The zero-order valence-corrected chi connectivity index (χ0v) is 16.2. The molecule has 1 heterocycles. The summed E-state index contributed by atoms with van der Waals surface area (Å²) in [5, 5.41) is 43.8. The third kappa shape index (κ3) is 1.74. The van der Waals surface area contributed by atoms with Gasteiger partial charge in [0.2, 0.25) is 0 Å². The lowest BCUT2D eigenvalue weighted by molar-refractivity contribution is -0.952. The van der Waals surface area contributed by atoms with Crippen LogP contribution in [0.3, 0.4) is 0 Å². The normalized spacial score (nSPS) is 44.3. The predicted octanol–water partition coefficient (Wildman–Crippen LogP) is 0.902. The molecule has 6 nitrogen and oxygen atoms in total. The number of aliphatic hydroxyl groups is 2. The van der Waals surface area contributed by atoms with Crippen molar-refractivity contribution >= 4 is 5.78 Å². The van der Waals surface area contributed by atoms with Crippen molar-refractivity contribution in [3.8, 4) is 11.5 Å². The second kappa shape index (κ2) is 4.74. The minimum absolute atomic E-state index is 0.119. The fourth-order valence-corrected chi connectivity index (χ4v) is 7.70. The van der Waals surface area contributed by atoms with E-state index in [4.69, 9.17) is 0 Å². The largest absolute Gasteiger partial charge is 0.504 e. The maximum atomic E-state index is 13.0. The molecule has 0 aromatic heterocycles. The maximum absolute atomic E-state index is 13.0. The van der Waals surface area contributed by atoms with Crippen LogP contribution in [0.5, 0.6) is 11.5 Å². The number of likely N-dealkylation sites (tertiary alicyclic amines) is 1. The van der Waals surface area contributed by atoms with E-state index in [1.54, 1.807) is 6.07 Å². The van der Waals surface area contributed by atoms with Gasteiger partial charge in [-0.15, -0.1) is 0 Å². The number of piperidine rings is 1. The summed E-state index contributed by atoms with van der Waals surface area (Å²) in [5.41, 5.74) is 0.262. The second-order valence-electron chi connectivity index (χ2n) is 10.4. The van der Waals surface area contributed by atoms with Crippen LogP contribution in [0, 0.1) is 5.92 Å². The van der Waals surface area contributed by atoms with Gasteiger partial charge in [0.05, 0.1) is 13.6 Å². The molecule has 5 aliphatic rings. The Morgan fingerprint density at radius 3 is 2.61 bits per heavy atom. The van der Waals surface area contributed by atoms with Crippen molar-refractivity contribution < 1.29 is 29.7 Å². The highest BCUT2D eigenvalue weighted by Gasteiger charge is 2.75. The lowest BCUT2D eigenvalue weighted by Crippen LogP contribution is -2.80. The molecule has 6 rings (SSSR count). The highest BCUT2D eigenvalue weighted by atomic mass is 16.3. The molecule has 5 atom stereocenters. The molecular weight excluding hydrogens is 358 g/mol. The number of phenols is 2. The summed E-state index contributed by atoms with van der Waals surface area (Å²) in [5.74, 6) is -0.405. The molecule has 1 spiro atoms. The maximum Gasteiger partial charge on any atom is 0.161 e. The number of nitrogens with zero attached hydrogens (tertiary/aromatic N) is 1. The van der Waals surface area contributed by atoms with Gasteiger partial charge in [0, 0.05) is 36.2 Å². The number of rotatable bonds is 2. The number of likely N-dealkylation sites (N-methyl/N-ethyl adjacent to an activating group) is 1. The first kappa shape index (κ1) is 17.2. The summed E-state index contributed by atoms with van der Waals surface area (Å²) in [6.07, 6.45) is 4.11. The van der Waals surface area contributed by atoms with Crippen molar-refractivity contribution in [3.63, 3.8) is 0 Å². The lowest BCUT2D eigenvalue weighted by Gasteiger charge is -2.65. The molecule has 1 aromatic carbocycles. The second-order valence-corrected chi connectivity index (χ2v) is 10.4. The number of quaternary nitrogens is 1. The lowest BCUT2D eigenvalue weighted by atomic mass is 9.47. The average molecular weight is 386 g/mol. The number of Topliss-reactive ketones (excluding diaryl/α,β-unsaturated/α-hetero) is 1. The summed E-state index contributed by atoms with van der Waals surface area (Å²) >= 11 is 0. The minimum Gasteiger partial charge on any atom is -0.504 e. The summed E-state index contributed by atoms with van der Waals surface area (Å²) in [6.45, 7) is 1.43. The molecule has 150 valence electrons. The predicted molar refractivity (Wildman–Crippen MR) is 100 cm³/mol. The fourth-order valence-electron chi connectivity index (χ4n) is 7.70. The average Bonchev–Trinajstić information content (AvgIpc) is 3.22. The van der Waals surface area contributed by atoms with E-state index >= 15 is 0 Å². The minimum atomic E-state index is -1.02.